The Morgan fingerprint density at radius 3 is 2.33 bits per heavy atom. The lowest BCUT2D eigenvalue weighted by Crippen LogP contribution is -2.42. The Labute approximate surface area is 96.2 Å². The van der Waals surface area contributed by atoms with Gasteiger partial charge < -0.3 is 4.90 Å². The molecule has 1 rings (SSSR count). The van der Waals surface area contributed by atoms with Crippen LogP contribution in [-0.2, 0) is 0 Å². The summed E-state index contributed by atoms with van der Waals surface area (Å²) >= 11 is 0. The highest BCUT2D eigenvalue weighted by Gasteiger charge is 2.26. The Morgan fingerprint density at radius 1 is 1.20 bits per heavy atom. The van der Waals surface area contributed by atoms with E-state index in [0.717, 1.165) is 23.8 Å². The molecule has 0 bridgehead atoms. The van der Waals surface area contributed by atoms with Gasteiger partial charge in [0, 0.05) is 6.04 Å². The van der Waals surface area contributed by atoms with Gasteiger partial charge in [-0.2, -0.15) is 0 Å². The second kappa shape index (κ2) is 5.89. The van der Waals surface area contributed by atoms with Crippen molar-refractivity contribution in [3.8, 4) is 0 Å². The zero-order valence-corrected chi connectivity index (χ0v) is 11.3. The molecule has 0 radical (unpaired) electrons. The average Bonchev–Trinajstić information content (AvgIpc) is 2.15. The van der Waals surface area contributed by atoms with E-state index < -0.39 is 0 Å². The molecule has 90 valence electrons. The number of likely N-dealkylation sites (tertiary alicyclic amines) is 1. The van der Waals surface area contributed by atoms with Gasteiger partial charge in [-0.05, 0) is 57.0 Å². The Morgan fingerprint density at radius 2 is 1.87 bits per heavy atom. The summed E-state index contributed by atoms with van der Waals surface area (Å²) in [6.45, 7) is 14.5. The van der Waals surface area contributed by atoms with Gasteiger partial charge in [0.15, 0.2) is 0 Å². The Kier molecular flexibility index (Phi) is 5.11. The molecule has 1 unspecified atom stereocenters. The van der Waals surface area contributed by atoms with Crippen molar-refractivity contribution in [3.63, 3.8) is 0 Å². The molecule has 1 aliphatic rings. The van der Waals surface area contributed by atoms with Crippen molar-refractivity contribution in [1.82, 2.24) is 4.90 Å². The highest BCUT2D eigenvalue weighted by atomic mass is 15.2. The molecule has 1 heteroatoms. The summed E-state index contributed by atoms with van der Waals surface area (Å²) in [5.74, 6) is 2.69. The fourth-order valence-corrected chi connectivity index (χ4v) is 2.62. The number of hydrogen-bond donors (Lipinski definition) is 0. The highest BCUT2D eigenvalue weighted by molar-refractivity contribution is 4.80. The largest absolute Gasteiger partial charge is 0.301 e. The van der Waals surface area contributed by atoms with Crippen LogP contribution in [0.5, 0.6) is 0 Å². The molecular weight excluding hydrogens is 182 g/mol. The molecule has 0 aliphatic carbocycles. The van der Waals surface area contributed by atoms with Gasteiger partial charge in [-0.1, -0.05) is 27.7 Å². The fourth-order valence-electron chi connectivity index (χ4n) is 2.62. The van der Waals surface area contributed by atoms with Gasteiger partial charge in [0.1, 0.15) is 0 Å². The predicted molar refractivity (Wildman–Crippen MR) is 68.1 cm³/mol. The zero-order chi connectivity index (χ0) is 11.4. The number of rotatable bonds is 4. The molecule has 1 fully saturated rings. The van der Waals surface area contributed by atoms with Gasteiger partial charge >= 0.3 is 0 Å². The van der Waals surface area contributed by atoms with Crippen LogP contribution < -0.4 is 0 Å². The summed E-state index contributed by atoms with van der Waals surface area (Å²) in [6.07, 6.45) is 4.19. The summed E-state index contributed by atoms with van der Waals surface area (Å²) in [6, 6.07) is 0.810. The van der Waals surface area contributed by atoms with Crippen molar-refractivity contribution < 1.29 is 0 Å². The molecule has 0 aromatic heterocycles. The quantitative estimate of drug-likeness (QED) is 0.684. The van der Waals surface area contributed by atoms with Crippen LogP contribution in [0.2, 0.25) is 0 Å². The minimum absolute atomic E-state index is 0.810. The van der Waals surface area contributed by atoms with Crippen LogP contribution in [0.15, 0.2) is 0 Å². The second-order valence-electron chi connectivity index (χ2n) is 6.10. The highest BCUT2D eigenvalue weighted by Crippen LogP contribution is 2.28. The predicted octanol–water partition coefficient (Wildman–Crippen LogP) is 3.79. The topological polar surface area (TPSA) is 3.24 Å². The molecule has 15 heavy (non-hydrogen) atoms. The Hall–Kier alpha value is -0.0400. The molecule has 0 aromatic rings. The molecule has 0 saturated carbocycles. The molecule has 0 amide bonds. The van der Waals surface area contributed by atoms with Crippen LogP contribution in [0.3, 0.4) is 0 Å². The normalized spacial score (nSPS) is 29.0. The third-order valence-corrected chi connectivity index (χ3v) is 3.99. The SMILES string of the molecule is CC(C)CCN1CCC(C(C)C)C[C@H]1C. The van der Waals surface area contributed by atoms with Crippen LogP contribution in [0.25, 0.3) is 0 Å². The molecule has 0 N–H and O–H groups in total. The van der Waals surface area contributed by atoms with Crippen LogP contribution in [0.4, 0.5) is 0 Å². The average molecular weight is 211 g/mol. The molecule has 2 atom stereocenters. The van der Waals surface area contributed by atoms with Crippen molar-refractivity contribution in [2.45, 2.75) is 59.9 Å². The van der Waals surface area contributed by atoms with Gasteiger partial charge in [0.2, 0.25) is 0 Å². The molecule has 1 aliphatic heterocycles. The number of piperidine rings is 1. The van der Waals surface area contributed by atoms with Crippen molar-refractivity contribution in [2.75, 3.05) is 13.1 Å². The standard InChI is InChI=1S/C14H29N/c1-11(2)6-8-15-9-7-14(12(3)4)10-13(15)5/h11-14H,6-10H2,1-5H3/t13-,14?/m1/s1. The third kappa shape index (κ3) is 4.14. The minimum atomic E-state index is 0.810. The van der Waals surface area contributed by atoms with E-state index in [9.17, 15) is 0 Å². The van der Waals surface area contributed by atoms with Crippen LogP contribution in [0, 0.1) is 17.8 Å². The maximum atomic E-state index is 2.69. The lowest BCUT2D eigenvalue weighted by molar-refractivity contribution is 0.0986. The van der Waals surface area contributed by atoms with Crippen molar-refractivity contribution in [3.05, 3.63) is 0 Å². The van der Waals surface area contributed by atoms with Crippen molar-refractivity contribution in [1.29, 1.82) is 0 Å². The van der Waals surface area contributed by atoms with Gasteiger partial charge in [-0.3, -0.25) is 0 Å². The summed E-state index contributed by atoms with van der Waals surface area (Å²) in [5, 5.41) is 0. The first-order chi connectivity index (χ1) is 7.00. The van der Waals surface area contributed by atoms with E-state index in [1.807, 2.05) is 0 Å². The molecule has 1 nitrogen and oxygen atoms in total. The van der Waals surface area contributed by atoms with Gasteiger partial charge in [-0.25, -0.2) is 0 Å². The van der Waals surface area contributed by atoms with E-state index in [1.165, 1.54) is 32.4 Å². The fraction of sp³-hybridized carbons (Fsp3) is 1.00. The maximum Gasteiger partial charge on any atom is 0.00696 e. The summed E-state index contributed by atoms with van der Waals surface area (Å²) in [7, 11) is 0. The van der Waals surface area contributed by atoms with Crippen LogP contribution >= 0.6 is 0 Å². The van der Waals surface area contributed by atoms with E-state index in [-0.39, 0.29) is 0 Å². The second-order valence-corrected chi connectivity index (χ2v) is 6.10. The first-order valence-electron chi connectivity index (χ1n) is 6.74. The van der Waals surface area contributed by atoms with E-state index in [1.54, 1.807) is 0 Å². The van der Waals surface area contributed by atoms with E-state index in [0.29, 0.717) is 0 Å². The van der Waals surface area contributed by atoms with Crippen molar-refractivity contribution in [2.24, 2.45) is 17.8 Å². The van der Waals surface area contributed by atoms with Gasteiger partial charge in [0.25, 0.3) is 0 Å². The van der Waals surface area contributed by atoms with E-state index >= 15 is 0 Å². The number of hydrogen-bond acceptors (Lipinski definition) is 1. The lowest BCUT2D eigenvalue weighted by Gasteiger charge is -2.39. The first-order valence-corrected chi connectivity index (χ1v) is 6.74. The molecule has 1 heterocycles. The number of nitrogens with zero attached hydrogens (tertiary/aromatic N) is 1. The van der Waals surface area contributed by atoms with Crippen LogP contribution in [-0.4, -0.2) is 24.0 Å². The zero-order valence-electron chi connectivity index (χ0n) is 11.3. The lowest BCUT2D eigenvalue weighted by atomic mass is 9.83. The molecule has 0 spiro atoms. The van der Waals surface area contributed by atoms with E-state index in [4.69, 9.17) is 0 Å². The Balaban J connectivity index is 2.32. The summed E-state index contributed by atoms with van der Waals surface area (Å²) < 4.78 is 0. The Bertz CT molecular complexity index is 174. The maximum absolute atomic E-state index is 2.69. The van der Waals surface area contributed by atoms with Gasteiger partial charge in [0.05, 0.1) is 0 Å². The van der Waals surface area contributed by atoms with Gasteiger partial charge in [-0.15, -0.1) is 0 Å². The molecule has 0 aromatic carbocycles. The summed E-state index contributed by atoms with van der Waals surface area (Å²) in [4.78, 5) is 2.69. The molecule has 1 saturated heterocycles. The van der Waals surface area contributed by atoms with Crippen LogP contribution in [0.1, 0.15) is 53.9 Å². The first kappa shape index (κ1) is 13.0. The summed E-state index contributed by atoms with van der Waals surface area (Å²) in [5.41, 5.74) is 0. The third-order valence-electron chi connectivity index (χ3n) is 3.99. The minimum Gasteiger partial charge on any atom is -0.301 e. The van der Waals surface area contributed by atoms with Crippen molar-refractivity contribution >= 4 is 0 Å². The smallest absolute Gasteiger partial charge is 0.00696 e. The van der Waals surface area contributed by atoms with E-state index in [2.05, 4.69) is 39.5 Å². The molecular formula is C14H29N. The monoisotopic (exact) mass is 211 g/mol.